The van der Waals surface area contributed by atoms with Crippen LogP contribution in [0.5, 0.6) is 0 Å². The Morgan fingerprint density at radius 3 is 2.81 bits per heavy atom. The van der Waals surface area contributed by atoms with Gasteiger partial charge in [-0.3, -0.25) is 9.48 Å². The number of nitrogens with zero attached hydrogens (tertiary/aromatic N) is 4. The van der Waals surface area contributed by atoms with Gasteiger partial charge in [0, 0.05) is 19.3 Å². The zero-order chi connectivity index (χ0) is 18.9. The number of hydrogen-bond donors (Lipinski definition) is 1. The first-order chi connectivity index (χ1) is 12.2. The topological polar surface area (TPSA) is 125 Å². The number of nitrogens with one attached hydrogen (secondary N) is 1. The molecule has 11 heteroatoms. The third-order valence-electron chi connectivity index (χ3n) is 3.95. The van der Waals surface area contributed by atoms with Crippen molar-refractivity contribution in [2.45, 2.75) is 19.4 Å². The van der Waals surface area contributed by atoms with E-state index < -0.39 is 28.3 Å². The highest BCUT2D eigenvalue weighted by molar-refractivity contribution is 7.91. The molecular formula is C15H19N5O5S. The SMILES string of the molecule is Cc1cc(NC(=O)COC(=O)c2cnn(C)c2)n(C2CCS(=O)(=O)C2)n1. The van der Waals surface area contributed by atoms with Crippen molar-refractivity contribution in [1.29, 1.82) is 0 Å². The monoisotopic (exact) mass is 381 g/mol. The van der Waals surface area contributed by atoms with Crippen LogP contribution in [0.2, 0.25) is 0 Å². The van der Waals surface area contributed by atoms with Gasteiger partial charge >= 0.3 is 5.97 Å². The van der Waals surface area contributed by atoms with Crippen LogP contribution < -0.4 is 5.32 Å². The summed E-state index contributed by atoms with van der Waals surface area (Å²) in [5.41, 5.74) is 0.898. The molecule has 0 spiro atoms. The number of esters is 1. The van der Waals surface area contributed by atoms with Crippen molar-refractivity contribution in [3.05, 3.63) is 29.7 Å². The molecule has 0 aromatic carbocycles. The molecule has 0 aliphatic carbocycles. The van der Waals surface area contributed by atoms with E-state index in [1.54, 1.807) is 20.0 Å². The van der Waals surface area contributed by atoms with Gasteiger partial charge in [0.15, 0.2) is 16.4 Å². The molecule has 1 fully saturated rings. The lowest BCUT2D eigenvalue weighted by molar-refractivity contribution is -0.119. The molecule has 2 aromatic heterocycles. The highest BCUT2D eigenvalue weighted by Crippen LogP contribution is 2.27. The van der Waals surface area contributed by atoms with Gasteiger partial charge in [-0.1, -0.05) is 0 Å². The maximum absolute atomic E-state index is 12.1. The molecule has 1 aliphatic heterocycles. The van der Waals surface area contributed by atoms with E-state index in [1.807, 2.05) is 0 Å². The largest absolute Gasteiger partial charge is 0.452 e. The molecule has 10 nitrogen and oxygen atoms in total. The van der Waals surface area contributed by atoms with Crippen LogP contribution in [0.25, 0.3) is 0 Å². The fourth-order valence-corrected chi connectivity index (χ4v) is 4.47. The number of aryl methyl sites for hydroxylation is 2. The molecule has 3 heterocycles. The zero-order valence-electron chi connectivity index (χ0n) is 14.4. The van der Waals surface area contributed by atoms with Gasteiger partial charge < -0.3 is 10.1 Å². The molecule has 140 valence electrons. The molecule has 0 saturated carbocycles. The van der Waals surface area contributed by atoms with Gasteiger partial charge in [-0.15, -0.1) is 0 Å². The van der Waals surface area contributed by atoms with E-state index in [0.29, 0.717) is 17.9 Å². The Hall–Kier alpha value is -2.69. The summed E-state index contributed by atoms with van der Waals surface area (Å²) in [7, 11) is -1.42. The van der Waals surface area contributed by atoms with Gasteiger partial charge in [-0.2, -0.15) is 10.2 Å². The van der Waals surface area contributed by atoms with Crippen molar-refractivity contribution in [3.8, 4) is 0 Å². The van der Waals surface area contributed by atoms with E-state index in [-0.39, 0.29) is 23.1 Å². The number of aromatic nitrogens is 4. The van der Waals surface area contributed by atoms with E-state index >= 15 is 0 Å². The van der Waals surface area contributed by atoms with Crippen LogP contribution in [0.4, 0.5) is 5.82 Å². The summed E-state index contributed by atoms with van der Waals surface area (Å²) < 4.78 is 31.3. The third-order valence-corrected chi connectivity index (χ3v) is 5.70. The highest BCUT2D eigenvalue weighted by Gasteiger charge is 2.31. The number of ether oxygens (including phenoxy) is 1. The number of carbonyl (C=O) groups excluding carboxylic acids is 2. The number of sulfone groups is 1. The average Bonchev–Trinajstić information content (AvgIpc) is 3.24. The lowest BCUT2D eigenvalue weighted by atomic mass is 10.3. The maximum atomic E-state index is 12.1. The Morgan fingerprint density at radius 1 is 1.42 bits per heavy atom. The first kappa shape index (κ1) is 18.1. The fourth-order valence-electron chi connectivity index (χ4n) is 2.78. The molecule has 0 radical (unpaired) electrons. The minimum Gasteiger partial charge on any atom is -0.452 e. The Labute approximate surface area is 150 Å². The van der Waals surface area contributed by atoms with E-state index in [0.717, 1.165) is 0 Å². The number of anilines is 1. The van der Waals surface area contributed by atoms with Crippen molar-refractivity contribution >= 4 is 27.5 Å². The predicted octanol–water partition coefficient (Wildman–Crippen LogP) is 0.0801. The number of carbonyl (C=O) groups is 2. The Balaban J connectivity index is 1.62. The van der Waals surface area contributed by atoms with Gasteiger partial charge in [0.05, 0.1) is 35.0 Å². The van der Waals surface area contributed by atoms with Crippen LogP contribution in [0, 0.1) is 6.92 Å². The van der Waals surface area contributed by atoms with Gasteiger partial charge in [0.25, 0.3) is 5.91 Å². The smallest absolute Gasteiger partial charge is 0.341 e. The summed E-state index contributed by atoms with van der Waals surface area (Å²) in [6.45, 7) is 1.28. The maximum Gasteiger partial charge on any atom is 0.341 e. The predicted molar refractivity (Wildman–Crippen MR) is 91.4 cm³/mol. The summed E-state index contributed by atoms with van der Waals surface area (Å²) in [6, 6.07) is 1.33. The molecule has 1 aliphatic rings. The third kappa shape index (κ3) is 4.10. The average molecular weight is 381 g/mol. The van der Waals surface area contributed by atoms with Crippen molar-refractivity contribution in [2.75, 3.05) is 23.4 Å². The first-order valence-electron chi connectivity index (χ1n) is 7.96. The molecular weight excluding hydrogens is 362 g/mol. The summed E-state index contributed by atoms with van der Waals surface area (Å²) >= 11 is 0. The molecule has 1 saturated heterocycles. The molecule has 0 bridgehead atoms. The standard InChI is InChI=1S/C15H19N5O5S/c1-10-5-13(20(18-10)12-3-4-26(23,24)9-12)17-14(21)8-25-15(22)11-6-16-19(2)7-11/h5-7,12H,3-4,8-9H2,1-2H3,(H,17,21). The van der Waals surface area contributed by atoms with Crippen LogP contribution in [-0.2, 0) is 26.4 Å². The Bertz CT molecular complexity index is 946. The number of rotatable bonds is 5. The summed E-state index contributed by atoms with van der Waals surface area (Å²) in [4.78, 5) is 23.9. The summed E-state index contributed by atoms with van der Waals surface area (Å²) in [5.74, 6) is -0.712. The van der Waals surface area contributed by atoms with Crippen molar-refractivity contribution < 1.29 is 22.7 Å². The fraction of sp³-hybridized carbons (Fsp3) is 0.467. The lowest BCUT2D eigenvalue weighted by Crippen LogP contribution is -2.24. The quantitative estimate of drug-likeness (QED) is 0.727. The molecule has 1 amide bonds. The van der Waals surface area contributed by atoms with Crippen molar-refractivity contribution in [1.82, 2.24) is 19.6 Å². The lowest BCUT2D eigenvalue weighted by Gasteiger charge is -2.13. The second-order valence-corrected chi connectivity index (χ2v) is 8.43. The van der Waals surface area contributed by atoms with E-state index in [4.69, 9.17) is 4.74 Å². The molecule has 3 rings (SSSR count). The second kappa shape index (κ2) is 6.90. The molecule has 26 heavy (non-hydrogen) atoms. The molecule has 1 atom stereocenters. The van der Waals surface area contributed by atoms with Crippen molar-refractivity contribution in [2.24, 2.45) is 7.05 Å². The molecule has 2 aromatic rings. The second-order valence-electron chi connectivity index (χ2n) is 6.20. The number of hydrogen-bond acceptors (Lipinski definition) is 7. The summed E-state index contributed by atoms with van der Waals surface area (Å²) in [6.07, 6.45) is 3.28. The van der Waals surface area contributed by atoms with E-state index in [2.05, 4.69) is 15.5 Å². The van der Waals surface area contributed by atoms with Gasteiger partial charge in [0.1, 0.15) is 5.82 Å². The van der Waals surface area contributed by atoms with Crippen LogP contribution in [0.15, 0.2) is 18.5 Å². The minimum atomic E-state index is -3.08. The number of amides is 1. The van der Waals surface area contributed by atoms with Crippen molar-refractivity contribution in [3.63, 3.8) is 0 Å². The van der Waals surface area contributed by atoms with Gasteiger partial charge in [-0.25, -0.2) is 17.9 Å². The van der Waals surface area contributed by atoms with E-state index in [1.165, 1.54) is 21.8 Å². The van der Waals surface area contributed by atoms with Gasteiger partial charge in [0.2, 0.25) is 0 Å². The molecule has 1 N–H and O–H groups in total. The zero-order valence-corrected chi connectivity index (χ0v) is 15.2. The van der Waals surface area contributed by atoms with E-state index in [9.17, 15) is 18.0 Å². The first-order valence-corrected chi connectivity index (χ1v) is 9.78. The Kier molecular flexibility index (Phi) is 4.81. The van der Waals surface area contributed by atoms with Crippen LogP contribution in [0.1, 0.15) is 28.5 Å². The molecule has 1 unspecified atom stereocenters. The summed E-state index contributed by atoms with van der Waals surface area (Å²) in [5, 5.41) is 10.7. The van der Waals surface area contributed by atoms with Crippen LogP contribution >= 0.6 is 0 Å². The van der Waals surface area contributed by atoms with Crippen LogP contribution in [-0.4, -0.2) is 58.0 Å². The highest BCUT2D eigenvalue weighted by atomic mass is 32.2. The minimum absolute atomic E-state index is 0.00696. The normalized spacial score (nSPS) is 18.6. The van der Waals surface area contributed by atoms with Crippen LogP contribution in [0.3, 0.4) is 0 Å². The van der Waals surface area contributed by atoms with Gasteiger partial charge in [-0.05, 0) is 13.3 Å². The Morgan fingerprint density at radius 2 is 2.19 bits per heavy atom.